The van der Waals surface area contributed by atoms with E-state index in [1.54, 1.807) is 11.8 Å². The maximum Gasteiger partial charge on any atom is 0.435 e. The van der Waals surface area contributed by atoms with Crippen LogP contribution in [0, 0.1) is 0 Å². The number of anilines is 1. The minimum absolute atomic E-state index is 0.0606. The van der Waals surface area contributed by atoms with E-state index in [0.29, 0.717) is 19.7 Å². The van der Waals surface area contributed by atoms with Gasteiger partial charge < -0.3 is 25.5 Å². The van der Waals surface area contributed by atoms with Crippen molar-refractivity contribution in [2.45, 2.75) is 39.3 Å². The van der Waals surface area contributed by atoms with E-state index >= 15 is 0 Å². The van der Waals surface area contributed by atoms with Crippen molar-refractivity contribution in [2.24, 2.45) is 11.6 Å². The second kappa shape index (κ2) is 11.6. The second-order valence-electron chi connectivity index (χ2n) is 6.66. The van der Waals surface area contributed by atoms with Gasteiger partial charge in [-0.25, -0.2) is 10.8 Å². The molecule has 1 saturated heterocycles. The number of hydrazine groups is 1. The van der Waals surface area contributed by atoms with Gasteiger partial charge in [0.25, 0.3) is 0 Å². The number of halogens is 3. The smallest absolute Gasteiger partial charge is 0.435 e. The molecule has 8 nitrogen and oxygen atoms in total. The van der Waals surface area contributed by atoms with Crippen LogP contribution in [-0.4, -0.2) is 54.4 Å². The van der Waals surface area contributed by atoms with Crippen molar-refractivity contribution in [3.05, 3.63) is 29.2 Å². The number of aliphatic hydroxyl groups is 1. The zero-order chi connectivity index (χ0) is 22.9. The number of hydrogen-bond donors (Lipinski definition) is 3. The molecule has 11 heteroatoms. The highest BCUT2D eigenvalue weighted by Crippen LogP contribution is 2.37. The van der Waals surface area contributed by atoms with Crippen LogP contribution in [0.4, 0.5) is 18.9 Å². The molecule has 0 saturated carbocycles. The Morgan fingerprint density at radius 2 is 1.90 bits per heavy atom. The van der Waals surface area contributed by atoms with E-state index in [1.807, 2.05) is 0 Å². The standard InChI is InChI=1S/C15H22F3N5O.C4H8O2/c1-22(20)12(9-24)13(19)10-5-6-11(14(21-10)15(16,17)18)23-7-3-2-4-8-23;1-3-6-4(2)5/h5-6,24H,2-4,7-9,19-20H2,1H3;3H2,1-2H3/b13-12-;. The van der Waals surface area contributed by atoms with E-state index in [0.717, 1.165) is 24.3 Å². The molecule has 1 aliphatic heterocycles. The van der Waals surface area contributed by atoms with Crippen LogP contribution in [0.1, 0.15) is 44.5 Å². The van der Waals surface area contributed by atoms with Gasteiger partial charge in [-0.3, -0.25) is 4.79 Å². The average molecular weight is 433 g/mol. The summed E-state index contributed by atoms with van der Waals surface area (Å²) in [6, 6.07) is 2.81. The lowest BCUT2D eigenvalue weighted by Crippen LogP contribution is -2.32. The molecular formula is C19H30F3N5O3. The van der Waals surface area contributed by atoms with Crippen molar-refractivity contribution in [3.8, 4) is 0 Å². The van der Waals surface area contributed by atoms with Crippen molar-refractivity contribution < 1.29 is 27.8 Å². The molecule has 2 heterocycles. The lowest BCUT2D eigenvalue weighted by atomic mass is 10.1. The molecular weight excluding hydrogens is 403 g/mol. The Kier molecular flexibility index (Phi) is 9.86. The first-order valence-electron chi connectivity index (χ1n) is 9.57. The summed E-state index contributed by atoms with van der Waals surface area (Å²) in [5.41, 5.74) is 4.88. The molecule has 170 valence electrons. The van der Waals surface area contributed by atoms with E-state index in [-0.39, 0.29) is 28.7 Å². The van der Waals surface area contributed by atoms with Crippen LogP contribution in [0.5, 0.6) is 0 Å². The Bertz CT molecular complexity index is 733. The van der Waals surface area contributed by atoms with Crippen LogP contribution in [0.3, 0.4) is 0 Å². The minimum Gasteiger partial charge on any atom is -0.466 e. The third-order valence-electron chi connectivity index (χ3n) is 4.35. The van der Waals surface area contributed by atoms with Gasteiger partial charge in [0.05, 0.1) is 36.0 Å². The molecule has 1 fully saturated rings. The molecule has 0 atom stereocenters. The van der Waals surface area contributed by atoms with Gasteiger partial charge in [0, 0.05) is 27.1 Å². The summed E-state index contributed by atoms with van der Waals surface area (Å²) in [6.07, 6.45) is -1.87. The number of likely N-dealkylation sites (N-methyl/N-ethyl adjacent to an activating group) is 1. The van der Waals surface area contributed by atoms with Crippen molar-refractivity contribution in [3.63, 3.8) is 0 Å². The topological polar surface area (TPSA) is 118 Å². The highest BCUT2D eigenvalue weighted by atomic mass is 19.4. The minimum atomic E-state index is -4.60. The fourth-order valence-corrected chi connectivity index (χ4v) is 2.94. The molecule has 1 aromatic rings. The van der Waals surface area contributed by atoms with Crippen LogP contribution in [0.2, 0.25) is 0 Å². The van der Waals surface area contributed by atoms with Crippen molar-refractivity contribution >= 4 is 17.4 Å². The van der Waals surface area contributed by atoms with Crippen LogP contribution in [0.15, 0.2) is 17.8 Å². The Balaban J connectivity index is 0.000000656. The number of nitrogens with two attached hydrogens (primary N) is 2. The van der Waals surface area contributed by atoms with Crippen LogP contribution in [0.25, 0.3) is 5.70 Å². The zero-order valence-corrected chi connectivity index (χ0v) is 17.5. The summed E-state index contributed by atoms with van der Waals surface area (Å²) in [5.74, 6) is 5.32. The van der Waals surface area contributed by atoms with E-state index in [4.69, 9.17) is 11.6 Å². The number of aromatic nitrogens is 1. The summed E-state index contributed by atoms with van der Waals surface area (Å²) in [7, 11) is 1.44. The number of aliphatic hydroxyl groups excluding tert-OH is 1. The summed E-state index contributed by atoms with van der Waals surface area (Å²) in [5, 5.41) is 10.4. The van der Waals surface area contributed by atoms with Gasteiger partial charge in [0.15, 0.2) is 5.69 Å². The predicted molar refractivity (Wildman–Crippen MR) is 108 cm³/mol. The molecule has 2 rings (SSSR count). The fraction of sp³-hybridized carbons (Fsp3) is 0.579. The number of carbonyl (C=O) groups excluding carboxylic acids is 1. The van der Waals surface area contributed by atoms with E-state index in [1.165, 1.54) is 26.1 Å². The maximum absolute atomic E-state index is 13.5. The zero-order valence-electron chi connectivity index (χ0n) is 17.5. The van der Waals surface area contributed by atoms with Gasteiger partial charge in [-0.1, -0.05) is 0 Å². The maximum atomic E-state index is 13.5. The van der Waals surface area contributed by atoms with Gasteiger partial charge in [-0.15, -0.1) is 0 Å². The quantitative estimate of drug-likeness (QED) is 0.367. The third-order valence-corrected chi connectivity index (χ3v) is 4.35. The SMILES string of the molecule is CCOC(C)=O.CN(N)/C(CO)=C(\N)c1ccc(N2CCCCC2)c(C(F)(F)F)n1. The van der Waals surface area contributed by atoms with Crippen LogP contribution >= 0.6 is 0 Å². The molecule has 0 spiro atoms. The van der Waals surface area contributed by atoms with Crippen LogP contribution < -0.4 is 16.5 Å². The van der Waals surface area contributed by atoms with Crippen molar-refractivity contribution in [1.29, 1.82) is 0 Å². The number of carbonyl (C=O) groups is 1. The molecule has 0 bridgehead atoms. The third kappa shape index (κ3) is 7.38. The Morgan fingerprint density at radius 1 is 1.30 bits per heavy atom. The highest BCUT2D eigenvalue weighted by Gasteiger charge is 2.37. The summed E-state index contributed by atoms with van der Waals surface area (Å²) >= 11 is 0. The van der Waals surface area contributed by atoms with E-state index in [9.17, 15) is 23.1 Å². The Morgan fingerprint density at radius 3 is 2.30 bits per heavy atom. The molecule has 0 aromatic carbocycles. The van der Waals surface area contributed by atoms with Crippen LogP contribution in [-0.2, 0) is 15.7 Å². The summed E-state index contributed by atoms with van der Waals surface area (Å²) in [6.45, 7) is 4.29. The molecule has 1 aromatic heterocycles. The number of piperidine rings is 1. The average Bonchev–Trinajstić information content (AvgIpc) is 2.68. The van der Waals surface area contributed by atoms with Gasteiger partial charge in [0.1, 0.15) is 0 Å². The monoisotopic (exact) mass is 433 g/mol. The first-order valence-corrected chi connectivity index (χ1v) is 9.57. The molecule has 0 amide bonds. The van der Waals surface area contributed by atoms with Gasteiger partial charge in [-0.2, -0.15) is 13.2 Å². The molecule has 1 aliphatic rings. The number of ether oxygens (including phenoxy) is 1. The molecule has 0 radical (unpaired) electrons. The Labute approximate surface area is 174 Å². The van der Waals surface area contributed by atoms with Gasteiger partial charge in [0.2, 0.25) is 0 Å². The number of alkyl halides is 3. The Hall–Kier alpha value is -2.53. The molecule has 30 heavy (non-hydrogen) atoms. The number of esters is 1. The lowest BCUT2D eigenvalue weighted by Gasteiger charge is -2.30. The van der Waals surface area contributed by atoms with Gasteiger partial charge in [-0.05, 0) is 38.3 Å². The number of rotatable bonds is 5. The van der Waals surface area contributed by atoms with E-state index < -0.39 is 18.5 Å². The molecule has 0 unspecified atom stereocenters. The molecule has 0 aliphatic carbocycles. The fourth-order valence-electron chi connectivity index (χ4n) is 2.94. The van der Waals surface area contributed by atoms with Crippen molar-refractivity contribution in [2.75, 3.05) is 38.3 Å². The summed E-state index contributed by atoms with van der Waals surface area (Å²) < 4.78 is 44.8. The van der Waals surface area contributed by atoms with Gasteiger partial charge >= 0.3 is 12.1 Å². The predicted octanol–water partition coefficient (Wildman–Crippen LogP) is 2.09. The number of pyridine rings is 1. The second-order valence-corrected chi connectivity index (χ2v) is 6.66. The van der Waals surface area contributed by atoms with Crippen molar-refractivity contribution in [1.82, 2.24) is 9.99 Å². The largest absolute Gasteiger partial charge is 0.466 e. The summed E-state index contributed by atoms with van der Waals surface area (Å²) in [4.78, 5) is 15.2. The lowest BCUT2D eigenvalue weighted by molar-refractivity contribution is -0.141. The van der Waals surface area contributed by atoms with E-state index in [2.05, 4.69) is 9.72 Å². The number of hydrogen-bond acceptors (Lipinski definition) is 8. The molecule has 5 N–H and O–H groups in total. The normalized spacial score (nSPS) is 15.0. The first kappa shape index (κ1) is 25.5. The number of nitrogens with zero attached hydrogens (tertiary/aromatic N) is 3. The highest BCUT2D eigenvalue weighted by molar-refractivity contribution is 5.66. The first-order chi connectivity index (χ1) is 14.0.